The number of benzene rings is 1. The maximum atomic E-state index is 11.9. The number of pyridine rings is 1. The van der Waals surface area contributed by atoms with Gasteiger partial charge in [0, 0.05) is 45.6 Å². The van der Waals surface area contributed by atoms with Crippen LogP contribution in [0.25, 0.3) is 0 Å². The molecule has 0 atom stereocenters. The van der Waals surface area contributed by atoms with E-state index in [1.165, 1.54) is 4.90 Å². The van der Waals surface area contributed by atoms with E-state index in [1.54, 1.807) is 38.6 Å². The van der Waals surface area contributed by atoms with Crippen LogP contribution in [0.3, 0.4) is 0 Å². The average Bonchev–Trinajstić information content (AvgIpc) is 2.47. The number of hydrogen-bond donors (Lipinski definition) is 1. The fraction of sp³-hybridized carbons (Fsp3) is 0.250. The van der Waals surface area contributed by atoms with Crippen molar-refractivity contribution in [2.24, 2.45) is 0 Å². The second kappa shape index (κ2) is 6.26. The highest BCUT2D eigenvalue weighted by Crippen LogP contribution is 2.25. The highest BCUT2D eigenvalue weighted by molar-refractivity contribution is 5.95. The first kappa shape index (κ1) is 14.8. The first-order valence-corrected chi connectivity index (χ1v) is 6.70. The molecule has 0 unspecified atom stereocenters. The summed E-state index contributed by atoms with van der Waals surface area (Å²) in [5.41, 5.74) is 9.34. The number of nitrogens with zero attached hydrogens (tertiary/aromatic N) is 3. The molecule has 2 N–H and O–H groups in total. The lowest BCUT2D eigenvalue weighted by Gasteiger charge is -2.22. The molecule has 0 bridgehead atoms. The summed E-state index contributed by atoms with van der Waals surface area (Å²) >= 11 is 0. The molecule has 1 amide bonds. The third-order valence-electron chi connectivity index (χ3n) is 3.26. The molecule has 0 saturated heterocycles. The van der Waals surface area contributed by atoms with Gasteiger partial charge in [0.05, 0.1) is 11.4 Å². The summed E-state index contributed by atoms with van der Waals surface area (Å²) in [5.74, 6) is -0.0509. The van der Waals surface area contributed by atoms with Gasteiger partial charge in [0.1, 0.15) is 0 Å². The summed E-state index contributed by atoms with van der Waals surface area (Å²) in [6.45, 7) is 0.730. The normalized spacial score (nSPS) is 10.2. The monoisotopic (exact) mass is 284 g/mol. The molecule has 0 fully saturated rings. The number of aromatic nitrogens is 1. The van der Waals surface area contributed by atoms with Crippen molar-refractivity contribution in [1.29, 1.82) is 0 Å². The second-order valence-electron chi connectivity index (χ2n) is 5.18. The van der Waals surface area contributed by atoms with E-state index in [9.17, 15) is 4.79 Å². The Kier molecular flexibility index (Phi) is 4.42. The van der Waals surface area contributed by atoms with Gasteiger partial charge in [0.2, 0.25) is 0 Å². The van der Waals surface area contributed by atoms with Crippen LogP contribution in [-0.2, 0) is 6.54 Å². The van der Waals surface area contributed by atoms with Crippen molar-refractivity contribution in [1.82, 2.24) is 9.88 Å². The van der Waals surface area contributed by atoms with Gasteiger partial charge in [-0.05, 0) is 35.9 Å². The van der Waals surface area contributed by atoms with Gasteiger partial charge in [0.15, 0.2) is 0 Å². The van der Waals surface area contributed by atoms with E-state index in [-0.39, 0.29) is 5.91 Å². The lowest BCUT2D eigenvalue weighted by atomic mass is 10.1. The van der Waals surface area contributed by atoms with Crippen LogP contribution in [-0.4, -0.2) is 36.9 Å². The predicted molar refractivity (Wildman–Crippen MR) is 85.2 cm³/mol. The van der Waals surface area contributed by atoms with Crippen LogP contribution in [0.5, 0.6) is 0 Å². The van der Waals surface area contributed by atoms with Crippen molar-refractivity contribution in [3.8, 4) is 0 Å². The highest BCUT2D eigenvalue weighted by atomic mass is 16.2. The molecule has 0 spiro atoms. The van der Waals surface area contributed by atoms with Gasteiger partial charge in [0.25, 0.3) is 5.91 Å². The zero-order valence-corrected chi connectivity index (χ0v) is 12.6. The lowest BCUT2D eigenvalue weighted by molar-refractivity contribution is 0.0827. The van der Waals surface area contributed by atoms with Crippen LogP contribution in [0.15, 0.2) is 42.7 Å². The zero-order valence-electron chi connectivity index (χ0n) is 12.6. The molecule has 2 rings (SSSR count). The van der Waals surface area contributed by atoms with Crippen LogP contribution in [0, 0.1) is 0 Å². The highest BCUT2D eigenvalue weighted by Gasteiger charge is 2.12. The van der Waals surface area contributed by atoms with Crippen molar-refractivity contribution in [3.63, 3.8) is 0 Å². The number of rotatable bonds is 4. The Labute approximate surface area is 125 Å². The fourth-order valence-electron chi connectivity index (χ4n) is 2.14. The molecule has 2 aromatic rings. The molecule has 5 heteroatoms. The molecule has 0 aliphatic heterocycles. The van der Waals surface area contributed by atoms with Crippen molar-refractivity contribution in [2.75, 3.05) is 31.8 Å². The number of amides is 1. The molecule has 0 aliphatic carbocycles. The number of hydrogen-bond acceptors (Lipinski definition) is 4. The minimum absolute atomic E-state index is 0.0509. The summed E-state index contributed by atoms with van der Waals surface area (Å²) in [6, 6.07) is 9.35. The molecule has 0 aliphatic rings. The number of nitrogens with two attached hydrogens (primary N) is 1. The van der Waals surface area contributed by atoms with Gasteiger partial charge in [-0.1, -0.05) is 0 Å². The summed E-state index contributed by atoms with van der Waals surface area (Å²) in [5, 5.41) is 0. The summed E-state index contributed by atoms with van der Waals surface area (Å²) in [6.07, 6.45) is 3.54. The minimum atomic E-state index is -0.0509. The summed E-state index contributed by atoms with van der Waals surface area (Å²) < 4.78 is 0. The van der Waals surface area contributed by atoms with Crippen LogP contribution in [0.4, 0.5) is 11.4 Å². The molecule has 110 valence electrons. The Balaban J connectivity index is 2.19. The lowest BCUT2D eigenvalue weighted by Crippen LogP contribution is -2.22. The Morgan fingerprint density at radius 2 is 1.81 bits per heavy atom. The van der Waals surface area contributed by atoms with Gasteiger partial charge in [-0.2, -0.15) is 0 Å². The van der Waals surface area contributed by atoms with E-state index in [0.717, 1.165) is 17.8 Å². The Morgan fingerprint density at radius 1 is 1.14 bits per heavy atom. The second-order valence-corrected chi connectivity index (χ2v) is 5.18. The summed E-state index contributed by atoms with van der Waals surface area (Å²) in [4.78, 5) is 19.5. The van der Waals surface area contributed by atoms with E-state index < -0.39 is 0 Å². The standard InChI is InChI=1S/C16H20N4O/c1-19(2)16(21)13-4-5-15(14(17)10-13)20(3)11-12-6-8-18-9-7-12/h4-10H,11,17H2,1-3H3. The predicted octanol–water partition coefficient (Wildman–Crippen LogP) is 2.00. The molecule has 1 aromatic heterocycles. The molecule has 1 heterocycles. The van der Waals surface area contributed by atoms with Crippen molar-refractivity contribution in [2.45, 2.75) is 6.54 Å². The Hall–Kier alpha value is -2.56. The maximum absolute atomic E-state index is 11.9. The van der Waals surface area contributed by atoms with Gasteiger partial charge >= 0.3 is 0 Å². The van der Waals surface area contributed by atoms with E-state index in [4.69, 9.17) is 5.73 Å². The van der Waals surface area contributed by atoms with E-state index in [1.807, 2.05) is 25.2 Å². The minimum Gasteiger partial charge on any atom is -0.397 e. The molecule has 21 heavy (non-hydrogen) atoms. The molecular formula is C16H20N4O. The van der Waals surface area contributed by atoms with E-state index in [2.05, 4.69) is 9.88 Å². The SMILES string of the molecule is CN(C)C(=O)c1ccc(N(C)Cc2ccncc2)c(N)c1. The fourth-order valence-corrected chi connectivity index (χ4v) is 2.14. The van der Waals surface area contributed by atoms with Gasteiger partial charge in [-0.15, -0.1) is 0 Å². The first-order valence-electron chi connectivity index (χ1n) is 6.70. The molecular weight excluding hydrogens is 264 g/mol. The van der Waals surface area contributed by atoms with Crippen LogP contribution in [0.2, 0.25) is 0 Å². The van der Waals surface area contributed by atoms with Gasteiger partial charge in [-0.3, -0.25) is 9.78 Å². The van der Waals surface area contributed by atoms with Crippen LogP contribution >= 0.6 is 0 Å². The first-order chi connectivity index (χ1) is 9.99. The van der Waals surface area contributed by atoms with Gasteiger partial charge < -0.3 is 15.5 Å². The molecule has 1 aromatic carbocycles. The summed E-state index contributed by atoms with van der Waals surface area (Å²) in [7, 11) is 5.42. The van der Waals surface area contributed by atoms with E-state index in [0.29, 0.717) is 11.3 Å². The largest absolute Gasteiger partial charge is 0.397 e. The smallest absolute Gasteiger partial charge is 0.253 e. The number of anilines is 2. The third kappa shape index (κ3) is 3.51. The number of carbonyl (C=O) groups is 1. The number of nitrogen functional groups attached to an aromatic ring is 1. The quantitative estimate of drug-likeness (QED) is 0.872. The maximum Gasteiger partial charge on any atom is 0.253 e. The Bertz CT molecular complexity index is 625. The topological polar surface area (TPSA) is 62.5 Å². The average molecular weight is 284 g/mol. The van der Waals surface area contributed by atoms with Gasteiger partial charge in [-0.25, -0.2) is 0 Å². The number of carbonyl (C=O) groups excluding carboxylic acids is 1. The van der Waals surface area contributed by atoms with Crippen LogP contribution in [0.1, 0.15) is 15.9 Å². The third-order valence-corrected chi connectivity index (χ3v) is 3.26. The molecule has 0 saturated carbocycles. The van der Waals surface area contributed by atoms with Crippen molar-refractivity contribution in [3.05, 3.63) is 53.9 Å². The van der Waals surface area contributed by atoms with Crippen molar-refractivity contribution < 1.29 is 4.79 Å². The van der Waals surface area contributed by atoms with E-state index >= 15 is 0 Å². The van der Waals surface area contributed by atoms with Crippen molar-refractivity contribution >= 4 is 17.3 Å². The van der Waals surface area contributed by atoms with Crippen LogP contribution < -0.4 is 10.6 Å². The molecule has 0 radical (unpaired) electrons. The Morgan fingerprint density at radius 3 is 2.38 bits per heavy atom. The zero-order chi connectivity index (χ0) is 15.4. The molecule has 5 nitrogen and oxygen atoms in total.